The lowest BCUT2D eigenvalue weighted by atomic mass is 9.95. The van der Waals surface area contributed by atoms with Crippen molar-refractivity contribution in [2.75, 3.05) is 26.2 Å². The van der Waals surface area contributed by atoms with Crippen LogP contribution in [0.25, 0.3) is 0 Å². The summed E-state index contributed by atoms with van der Waals surface area (Å²) < 4.78 is 0. The van der Waals surface area contributed by atoms with Gasteiger partial charge in [0.25, 0.3) is 0 Å². The highest BCUT2D eigenvalue weighted by atomic mass is 15.2. The lowest BCUT2D eigenvalue weighted by Gasteiger charge is -2.34. The van der Waals surface area contributed by atoms with Gasteiger partial charge in [-0.1, -0.05) is 24.3 Å². The van der Waals surface area contributed by atoms with Crippen LogP contribution in [-0.4, -0.2) is 36.6 Å². The van der Waals surface area contributed by atoms with E-state index in [9.17, 15) is 0 Å². The summed E-state index contributed by atoms with van der Waals surface area (Å²) in [6.45, 7) is 9.54. The lowest BCUT2D eigenvalue weighted by Crippen LogP contribution is -2.51. The Hall–Kier alpha value is -0.860. The highest BCUT2D eigenvalue weighted by molar-refractivity contribution is 5.25. The van der Waals surface area contributed by atoms with Crippen molar-refractivity contribution in [3.8, 4) is 0 Å². The Balaban J connectivity index is 1.60. The standard InChI is InChI=1S/C18H28N2/c1-15-6-3-4-7-16(15)10-13-20-12-5-11-19-18(2,14-20)17-8-9-17/h3-4,6-7,17,19H,5,8-14H2,1-2H3. The van der Waals surface area contributed by atoms with Crippen LogP contribution in [-0.2, 0) is 6.42 Å². The molecular formula is C18H28N2. The predicted molar refractivity (Wildman–Crippen MR) is 85.1 cm³/mol. The van der Waals surface area contributed by atoms with E-state index < -0.39 is 0 Å². The molecule has 110 valence electrons. The van der Waals surface area contributed by atoms with E-state index >= 15 is 0 Å². The average Bonchev–Trinajstić information content (AvgIpc) is 3.26. The minimum Gasteiger partial charge on any atom is -0.310 e. The molecule has 1 heterocycles. The van der Waals surface area contributed by atoms with Gasteiger partial charge in [0.05, 0.1) is 0 Å². The van der Waals surface area contributed by atoms with E-state index in [4.69, 9.17) is 0 Å². The number of hydrogen-bond acceptors (Lipinski definition) is 2. The molecule has 2 nitrogen and oxygen atoms in total. The normalized spacial score (nSPS) is 28.3. The largest absolute Gasteiger partial charge is 0.310 e. The summed E-state index contributed by atoms with van der Waals surface area (Å²) in [5.41, 5.74) is 3.31. The first-order chi connectivity index (χ1) is 9.67. The van der Waals surface area contributed by atoms with Crippen molar-refractivity contribution in [3.05, 3.63) is 35.4 Å². The smallest absolute Gasteiger partial charge is 0.0308 e. The van der Waals surface area contributed by atoms with Crippen LogP contribution in [0.15, 0.2) is 24.3 Å². The zero-order valence-electron chi connectivity index (χ0n) is 13.0. The molecule has 20 heavy (non-hydrogen) atoms. The van der Waals surface area contributed by atoms with Gasteiger partial charge in [0.2, 0.25) is 0 Å². The maximum absolute atomic E-state index is 3.82. The minimum absolute atomic E-state index is 0.363. The summed E-state index contributed by atoms with van der Waals surface area (Å²) >= 11 is 0. The molecular weight excluding hydrogens is 244 g/mol. The summed E-state index contributed by atoms with van der Waals surface area (Å²) in [6.07, 6.45) is 5.33. The first-order valence-electron chi connectivity index (χ1n) is 8.19. The van der Waals surface area contributed by atoms with Crippen molar-refractivity contribution < 1.29 is 0 Å². The van der Waals surface area contributed by atoms with Crippen LogP contribution in [0.2, 0.25) is 0 Å². The molecule has 3 rings (SSSR count). The molecule has 0 spiro atoms. The fourth-order valence-electron chi connectivity index (χ4n) is 3.63. The topological polar surface area (TPSA) is 15.3 Å². The van der Waals surface area contributed by atoms with Crippen molar-refractivity contribution in [1.29, 1.82) is 0 Å². The van der Waals surface area contributed by atoms with Crippen LogP contribution in [0.5, 0.6) is 0 Å². The fraction of sp³-hybridized carbons (Fsp3) is 0.667. The molecule has 1 aliphatic carbocycles. The van der Waals surface area contributed by atoms with E-state index in [2.05, 4.69) is 48.3 Å². The van der Waals surface area contributed by atoms with Gasteiger partial charge in [-0.2, -0.15) is 0 Å². The van der Waals surface area contributed by atoms with Crippen molar-refractivity contribution in [3.63, 3.8) is 0 Å². The highest BCUT2D eigenvalue weighted by Crippen LogP contribution is 2.40. The Bertz CT molecular complexity index is 452. The van der Waals surface area contributed by atoms with Gasteiger partial charge in [-0.25, -0.2) is 0 Å². The first-order valence-corrected chi connectivity index (χ1v) is 8.19. The minimum atomic E-state index is 0.363. The van der Waals surface area contributed by atoms with E-state index in [-0.39, 0.29) is 0 Å². The fourth-order valence-corrected chi connectivity index (χ4v) is 3.63. The van der Waals surface area contributed by atoms with E-state index in [1.807, 2.05) is 0 Å². The van der Waals surface area contributed by atoms with Crippen molar-refractivity contribution in [1.82, 2.24) is 10.2 Å². The van der Waals surface area contributed by atoms with Gasteiger partial charge in [0, 0.05) is 18.6 Å². The molecule has 0 amide bonds. The summed E-state index contributed by atoms with van der Waals surface area (Å²) in [5, 5.41) is 3.82. The third-order valence-electron chi connectivity index (χ3n) is 5.17. The van der Waals surface area contributed by atoms with Crippen molar-refractivity contribution in [2.45, 2.75) is 45.1 Å². The van der Waals surface area contributed by atoms with E-state index in [1.165, 1.54) is 63.0 Å². The van der Waals surface area contributed by atoms with E-state index in [0.29, 0.717) is 5.54 Å². The molecule has 1 saturated heterocycles. The van der Waals surface area contributed by atoms with Crippen LogP contribution < -0.4 is 5.32 Å². The predicted octanol–water partition coefficient (Wildman–Crippen LogP) is 3.00. The molecule has 0 aromatic heterocycles. The first kappa shape index (κ1) is 14.1. The summed E-state index contributed by atoms with van der Waals surface area (Å²) in [4.78, 5) is 2.69. The Morgan fingerprint density at radius 1 is 1.30 bits per heavy atom. The van der Waals surface area contributed by atoms with Gasteiger partial charge in [-0.15, -0.1) is 0 Å². The van der Waals surface area contributed by atoms with Crippen LogP contribution in [0.3, 0.4) is 0 Å². The SMILES string of the molecule is Cc1ccccc1CCN1CCCNC(C)(C2CC2)C1. The van der Waals surface area contributed by atoms with Gasteiger partial charge >= 0.3 is 0 Å². The third kappa shape index (κ3) is 3.24. The molecule has 1 aromatic rings. The molecule has 1 atom stereocenters. The van der Waals surface area contributed by atoms with Gasteiger partial charge < -0.3 is 10.2 Å². The second kappa shape index (κ2) is 5.87. The van der Waals surface area contributed by atoms with Gasteiger partial charge in [0.1, 0.15) is 0 Å². The van der Waals surface area contributed by atoms with Crippen molar-refractivity contribution in [2.24, 2.45) is 5.92 Å². The molecule has 1 aromatic carbocycles. The Morgan fingerprint density at radius 2 is 2.10 bits per heavy atom. The molecule has 0 radical (unpaired) electrons. The number of nitrogens with one attached hydrogen (secondary N) is 1. The molecule has 2 aliphatic rings. The summed E-state index contributed by atoms with van der Waals surface area (Å²) in [5.74, 6) is 0.918. The van der Waals surface area contributed by atoms with Crippen LogP contribution in [0.1, 0.15) is 37.3 Å². The Labute approximate surface area is 123 Å². The molecule has 2 fully saturated rings. The number of benzene rings is 1. The number of hydrogen-bond donors (Lipinski definition) is 1. The molecule has 1 saturated carbocycles. The maximum atomic E-state index is 3.82. The average molecular weight is 272 g/mol. The second-order valence-electron chi connectivity index (χ2n) is 6.92. The Kier molecular flexibility index (Phi) is 4.13. The quantitative estimate of drug-likeness (QED) is 0.906. The number of aryl methyl sites for hydroxylation is 1. The van der Waals surface area contributed by atoms with Crippen molar-refractivity contribution >= 4 is 0 Å². The molecule has 2 heteroatoms. The molecule has 1 aliphatic heterocycles. The van der Waals surface area contributed by atoms with Crippen LogP contribution in [0, 0.1) is 12.8 Å². The van der Waals surface area contributed by atoms with Gasteiger partial charge in [-0.3, -0.25) is 0 Å². The monoisotopic (exact) mass is 272 g/mol. The highest BCUT2D eigenvalue weighted by Gasteiger charge is 2.42. The maximum Gasteiger partial charge on any atom is 0.0308 e. The molecule has 1 unspecified atom stereocenters. The van der Waals surface area contributed by atoms with Crippen LogP contribution >= 0.6 is 0 Å². The third-order valence-corrected chi connectivity index (χ3v) is 5.17. The molecule has 0 bridgehead atoms. The Morgan fingerprint density at radius 3 is 2.85 bits per heavy atom. The number of nitrogens with zero attached hydrogens (tertiary/aromatic N) is 1. The molecule has 1 N–H and O–H groups in total. The van der Waals surface area contributed by atoms with Gasteiger partial charge in [-0.05, 0) is 69.7 Å². The number of rotatable bonds is 4. The second-order valence-corrected chi connectivity index (χ2v) is 6.92. The lowest BCUT2D eigenvalue weighted by molar-refractivity contribution is 0.203. The van der Waals surface area contributed by atoms with E-state index in [1.54, 1.807) is 0 Å². The summed E-state index contributed by atoms with van der Waals surface area (Å²) in [7, 11) is 0. The zero-order valence-corrected chi connectivity index (χ0v) is 13.0. The van der Waals surface area contributed by atoms with E-state index in [0.717, 1.165) is 5.92 Å². The van der Waals surface area contributed by atoms with Gasteiger partial charge in [0.15, 0.2) is 0 Å². The summed E-state index contributed by atoms with van der Waals surface area (Å²) in [6, 6.07) is 8.82. The zero-order chi connectivity index (χ0) is 14.0. The van der Waals surface area contributed by atoms with Crippen LogP contribution in [0.4, 0.5) is 0 Å².